The molecule has 0 saturated carbocycles. The summed E-state index contributed by atoms with van der Waals surface area (Å²) in [5.74, 6) is 0. The first-order chi connectivity index (χ1) is 8.81. The van der Waals surface area contributed by atoms with Gasteiger partial charge in [0.1, 0.15) is 0 Å². The van der Waals surface area contributed by atoms with Crippen molar-refractivity contribution in [3.63, 3.8) is 0 Å². The number of anilines is 2. The summed E-state index contributed by atoms with van der Waals surface area (Å²) in [5, 5.41) is 0. The van der Waals surface area contributed by atoms with Crippen LogP contribution < -0.4 is 10.6 Å². The second kappa shape index (κ2) is 6.64. The Balaban J connectivity index is 1.83. The molecule has 3 heteroatoms. The highest BCUT2D eigenvalue weighted by molar-refractivity contribution is 5.67. The Kier molecular flexibility index (Phi) is 4.88. The number of rotatable bonds is 6. The first-order valence-electron chi connectivity index (χ1n) is 7.02. The van der Waals surface area contributed by atoms with Crippen molar-refractivity contribution in [3.05, 3.63) is 24.3 Å². The van der Waals surface area contributed by atoms with Gasteiger partial charge in [0.25, 0.3) is 0 Å². The zero-order valence-corrected chi connectivity index (χ0v) is 11.3. The van der Waals surface area contributed by atoms with Gasteiger partial charge >= 0.3 is 0 Å². The Morgan fingerprint density at radius 1 is 1.39 bits per heavy atom. The minimum atomic E-state index is 0.497. The van der Waals surface area contributed by atoms with Gasteiger partial charge in [-0.3, -0.25) is 0 Å². The van der Waals surface area contributed by atoms with Crippen LogP contribution in [0.2, 0.25) is 0 Å². The molecule has 1 saturated heterocycles. The van der Waals surface area contributed by atoms with Gasteiger partial charge in [-0.2, -0.15) is 0 Å². The van der Waals surface area contributed by atoms with Gasteiger partial charge in [-0.05, 0) is 44.7 Å². The molecule has 1 aromatic rings. The summed E-state index contributed by atoms with van der Waals surface area (Å²) < 4.78 is 5.65. The number of nitrogen functional groups attached to an aromatic ring is 1. The van der Waals surface area contributed by atoms with E-state index in [1.54, 1.807) is 0 Å². The van der Waals surface area contributed by atoms with Crippen molar-refractivity contribution in [1.82, 2.24) is 0 Å². The Morgan fingerprint density at radius 3 is 2.89 bits per heavy atom. The fraction of sp³-hybridized carbons (Fsp3) is 0.600. The monoisotopic (exact) mass is 248 g/mol. The number of hydrogen-bond donors (Lipinski definition) is 1. The molecule has 1 heterocycles. The third-order valence-corrected chi connectivity index (χ3v) is 3.64. The molecule has 1 aliphatic heterocycles. The highest BCUT2D eigenvalue weighted by Gasteiger charge is 2.15. The van der Waals surface area contributed by atoms with Gasteiger partial charge in [0, 0.05) is 19.7 Å². The van der Waals surface area contributed by atoms with Crippen LogP contribution in [0.25, 0.3) is 0 Å². The fourth-order valence-electron chi connectivity index (χ4n) is 2.61. The second-order valence-electron chi connectivity index (χ2n) is 4.92. The van der Waals surface area contributed by atoms with E-state index in [-0.39, 0.29) is 0 Å². The molecule has 2 rings (SSSR count). The van der Waals surface area contributed by atoms with Gasteiger partial charge in [0.15, 0.2) is 0 Å². The van der Waals surface area contributed by atoms with Gasteiger partial charge in [-0.15, -0.1) is 0 Å². The molecule has 0 aromatic heterocycles. The van der Waals surface area contributed by atoms with E-state index in [1.807, 2.05) is 12.1 Å². The van der Waals surface area contributed by atoms with Crippen LogP contribution in [0.3, 0.4) is 0 Å². The van der Waals surface area contributed by atoms with E-state index < -0.39 is 0 Å². The second-order valence-corrected chi connectivity index (χ2v) is 4.92. The Morgan fingerprint density at radius 2 is 2.22 bits per heavy atom. The van der Waals surface area contributed by atoms with Crippen LogP contribution in [-0.4, -0.2) is 25.8 Å². The lowest BCUT2D eigenvalue weighted by atomic mass is 10.1. The van der Waals surface area contributed by atoms with Crippen molar-refractivity contribution in [1.29, 1.82) is 0 Å². The molecule has 0 radical (unpaired) electrons. The van der Waals surface area contributed by atoms with Crippen molar-refractivity contribution < 1.29 is 4.74 Å². The highest BCUT2D eigenvalue weighted by atomic mass is 16.5. The minimum absolute atomic E-state index is 0.497. The summed E-state index contributed by atoms with van der Waals surface area (Å²) in [6.45, 7) is 5.19. The molecule has 0 spiro atoms. The number of nitrogens with two attached hydrogens (primary N) is 1. The zero-order chi connectivity index (χ0) is 12.8. The van der Waals surface area contributed by atoms with Crippen molar-refractivity contribution in [3.8, 4) is 0 Å². The first-order valence-corrected chi connectivity index (χ1v) is 7.02. The summed E-state index contributed by atoms with van der Waals surface area (Å²) in [6.07, 6.45) is 5.31. The van der Waals surface area contributed by atoms with Crippen LogP contribution in [0.5, 0.6) is 0 Å². The summed E-state index contributed by atoms with van der Waals surface area (Å²) in [7, 11) is 0. The van der Waals surface area contributed by atoms with Crippen molar-refractivity contribution in [2.24, 2.45) is 0 Å². The molecule has 0 bridgehead atoms. The molecule has 0 amide bonds. The van der Waals surface area contributed by atoms with Crippen LogP contribution in [0, 0.1) is 0 Å². The average molecular weight is 248 g/mol. The third-order valence-electron chi connectivity index (χ3n) is 3.64. The Labute approximate surface area is 110 Å². The van der Waals surface area contributed by atoms with E-state index in [9.17, 15) is 0 Å². The molecule has 1 unspecified atom stereocenters. The molecule has 18 heavy (non-hydrogen) atoms. The lowest BCUT2D eigenvalue weighted by molar-refractivity contribution is 0.103. The maximum absolute atomic E-state index is 6.02. The van der Waals surface area contributed by atoms with Crippen LogP contribution >= 0.6 is 0 Å². The Bertz CT molecular complexity index is 361. The topological polar surface area (TPSA) is 38.5 Å². The first kappa shape index (κ1) is 13.2. The fourth-order valence-corrected chi connectivity index (χ4v) is 2.61. The van der Waals surface area contributed by atoms with Crippen molar-refractivity contribution in [2.45, 2.75) is 38.7 Å². The lowest BCUT2D eigenvalue weighted by Crippen LogP contribution is -2.25. The van der Waals surface area contributed by atoms with Crippen LogP contribution in [0.1, 0.15) is 32.6 Å². The lowest BCUT2D eigenvalue weighted by Gasteiger charge is -2.25. The molecule has 1 aliphatic rings. The zero-order valence-electron chi connectivity index (χ0n) is 11.3. The normalized spacial score (nSPS) is 19.1. The van der Waals surface area contributed by atoms with Gasteiger partial charge < -0.3 is 15.4 Å². The van der Waals surface area contributed by atoms with Crippen LogP contribution in [0.4, 0.5) is 11.4 Å². The van der Waals surface area contributed by atoms with E-state index in [0.29, 0.717) is 6.10 Å². The molecular formula is C15H24N2O. The number of nitrogens with zero attached hydrogens (tertiary/aromatic N) is 1. The molecule has 1 aromatic carbocycles. The minimum Gasteiger partial charge on any atom is -0.397 e. The smallest absolute Gasteiger partial charge is 0.0599 e. The molecule has 3 nitrogen and oxygen atoms in total. The predicted octanol–water partition coefficient (Wildman–Crippen LogP) is 3.05. The van der Waals surface area contributed by atoms with E-state index >= 15 is 0 Å². The van der Waals surface area contributed by atoms with Gasteiger partial charge in [-0.1, -0.05) is 12.1 Å². The maximum atomic E-state index is 6.02. The summed E-state index contributed by atoms with van der Waals surface area (Å²) in [4.78, 5) is 2.35. The van der Waals surface area contributed by atoms with E-state index in [1.165, 1.54) is 25.7 Å². The molecule has 100 valence electrons. The average Bonchev–Trinajstić information content (AvgIpc) is 2.89. The Hall–Kier alpha value is -1.22. The number of para-hydroxylation sites is 2. The molecular weight excluding hydrogens is 224 g/mol. The number of benzene rings is 1. The molecule has 2 N–H and O–H groups in total. The van der Waals surface area contributed by atoms with Crippen LogP contribution in [-0.2, 0) is 4.74 Å². The van der Waals surface area contributed by atoms with Gasteiger partial charge in [0.05, 0.1) is 17.5 Å². The van der Waals surface area contributed by atoms with E-state index in [4.69, 9.17) is 10.5 Å². The van der Waals surface area contributed by atoms with Gasteiger partial charge in [0.2, 0.25) is 0 Å². The molecule has 1 fully saturated rings. The summed E-state index contributed by atoms with van der Waals surface area (Å²) >= 11 is 0. The van der Waals surface area contributed by atoms with Crippen molar-refractivity contribution >= 4 is 11.4 Å². The molecule has 1 atom stereocenters. The van der Waals surface area contributed by atoms with E-state index in [2.05, 4.69) is 24.0 Å². The molecule has 0 aliphatic carbocycles. The predicted molar refractivity (Wildman–Crippen MR) is 76.9 cm³/mol. The largest absolute Gasteiger partial charge is 0.397 e. The van der Waals surface area contributed by atoms with Crippen LogP contribution in [0.15, 0.2) is 24.3 Å². The number of hydrogen-bond acceptors (Lipinski definition) is 3. The van der Waals surface area contributed by atoms with E-state index in [0.717, 1.165) is 31.1 Å². The quantitative estimate of drug-likeness (QED) is 0.786. The standard InChI is InChI=1S/C15H24N2O/c1-2-17(15-10-4-3-9-14(15)16)11-5-7-13-8-6-12-18-13/h3-4,9-10,13H,2,5-8,11-12,16H2,1H3. The highest BCUT2D eigenvalue weighted by Crippen LogP contribution is 2.23. The van der Waals surface area contributed by atoms with Crippen molar-refractivity contribution in [2.75, 3.05) is 30.3 Å². The SMILES string of the molecule is CCN(CCCC1CCCO1)c1ccccc1N. The summed E-state index contributed by atoms with van der Waals surface area (Å²) in [5.41, 5.74) is 8.06. The maximum Gasteiger partial charge on any atom is 0.0599 e. The van der Waals surface area contributed by atoms with Gasteiger partial charge in [-0.25, -0.2) is 0 Å². The summed E-state index contributed by atoms with van der Waals surface area (Å²) in [6, 6.07) is 8.11. The number of ether oxygens (including phenoxy) is 1. The third kappa shape index (κ3) is 3.39.